The molecule has 19 heavy (non-hydrogen) atoms. The maximum Gasteiger partial charge on any atom is 0.212 e. The van der Waals surface area contributed by atoms with Crippen LogP contribution in [0, 0.1) is 0 Å². The molecule has 0 fully saturated rings. The molecule has 1 unspecified atom stereocenters. The van der Waals surface area contributed by atoms with Gasteiger partial charge >= 0.3 is 0 Å². The zero-order valence-corrected chi connectivity index (χ0v) is 12.1. The first-order valence-electron chi connectivity index (χ1n) is 5.91. The highest BCUT2D eigenvalue weighted by Gasteiger charge is 2.11. The van der Waals surface area contributed by atoms with Crippen LogP contribution in [0.25, 0.3) is 0 Å². The fraction of sp³-hybridized carbons (Fsp3) is 0.500. The third-order valence-corrected chi connectivity index (χ3v) is 4.20. The first kappa shape index (κ1) is 15.7. The maximum absolute atomic E-state index is 11.3. The summed E-state index contributed by atoms with van der Waals surface area (Å²) in [6.45, 7) is 2.26. The summed E-state index contributed by atoms with van der Waals surface area (Å²) in [4.78, 5) is 0. The van der Waals surface area contributed by atoms with E-state index in [1.807, 2.05) is 6.92 Å². The van der Waals surface area contributed by atoms with Gasteiger partial charge in [0.1, 0.15) is 0 Å². The third-order valence-electron chi connectivity index (χ3n) is 2.84. The number of hydrogen-bond acceptors (Lipinski definition) is 5. The largest absolute Gasteiger partial charge is 0.504 e. The Kier molecular flexibility index (Phi) is 5.59. The van der Waals surface area contributed by atoms with Crippen molar-refractivity contribution in [1.82, 2.24) is 10.0 Å². The van der Waals surface area contributed by atoms with Gasteiger partial charge in [-0.15, -0.1) is 0 Å². The van der Waals surface area contributed by atoms with Gasteiger partial charge in [-0.3, -0.25) is 0 Å². The first-order valence-corrected chi connectivity index (χ1v) is 7.56. The summed E-state index contributed by atoms with van der Waals surface area (Å²) in [5, 5.41) is 12.6. The van der Waals surface area contributed by atoms with Crippen LogP contribution in [0.3, 0.4) is 0 Å². The molecular weight excluding hydrogens is 268 g/mol. The normalized spacial score (nSPS) is 13.2. The van der Waals surface area contributed by atoms with Crippen molar-refractivity contribution in [3.05, 3.63) is 23.8 Å². The van der Waals surface area contributed by atoms with Crippen molar-refractivity contribution in [2.75, 3.05) is 26.5 Å². The molecule has 0 bridgehead atoms. The lowest BCUT2D eigenvalue weighted by atomic mass is 10.1. The SMILES string of the molecule is CNS(=O)(=O)CCNC(C)c1ccc(O)c(OC)c1. The summed E-state index contributed by atoms with van der Waals surface area (Å²) in [6, 6.07) is 5.00. The monoisotopic (exact) mass is 288 g/mol. The average Bonchev–Trinajstić information content (AvgIpc) is 2.39. The van der Waals surface area contributed by atoms with E-state index in [0.717, 1.165) is 5.56 Å². The maximum atomic E-state index is 11.3. The minimum Gasteiger partial charge on any atom is -0.504 e. The van der Waals surface area contributed by atoms with E-state index in [1.165, 1.54) is 14.2 Å². The van der Waals surface area contributed by atoms with Crippen LogP contribution in [-0.2, 0) is 10.0 Å². The number of hydrogen-bond donors (Lipinski definition) is 3. The van der Waals surface area contributed by atoms with E-state index >= 15 is 0 Å². The zero-order chi connectivity index (χ0) is 14.5. The molecule has 0 aliphatic heterocycles. The smallest absolute Gasteiger partial charge is 0.212 e. The second-order valence-corrected chi connectivity index (χ2v) is 6.18. The van der Waals surface area contributed by atoms with Gasteiger partial charge in [-0.1, -0.05) is 6.07 Å². The number of benzene rings is 1. The molecule has 0 radical (unpaired) electrons. The van der Waals surface area contributed by atoms with Gasteiger partial charge < -0.3 is 15.2 Å². The predicted octanol–water partition coefficient (Wildman–Crippen LogP) is 0.601. The lowest BCUT2D eigenvalue weighted by Crippen LogP contribution is -2.30. The van der Waals surface area contributed by atoms with Crippen LogP contribution < -0.4 is 14.8 Å². The number of ether oxygens (including phenoxy) is 1. The number of methoxy groups -OCH3 is 1. The van der Waals surface area contributed by atoms with Crippen molar-refractivity contribution in [3.63, 3.8) is 0 Å². The van der Waals surface area contributed by atoms with Crippen LogP contribution in [0.4, 0.5) is 0 Å². The molecule has 6 nitrogen and oxygen atoms in total. The van der Waals surface area contributed by atoms with Gasteiger partial charge in [-0.25, -0.2) is 13.1 Å². The molecular formula is C12H20N2O4S. The number of sulfonamides is 1. The standard InChI is InChI=1S/C12H20N2O4S/c1-9(14-6-7-19(16,17)13-2)10-4-5-11(15)12(8-10)18-3/h4-5,8-9,13-15H,6-7H2,1-3H3. The van der Waals surface area contributed by atoms with E-state index in [-0.39, 0.29) is 17.5 Å². The highest BCUT2D eigenvalue weighted by Crippen LogP contribution is 2.28. The summed E-state index contributed by atoms with van der Waals surface area (Å²) >= 11 is 0. The van der Waals surface area contributed by atoms with Crippen LogP contribution in [0.5, 0.6) is 11.5 Å². The third kappa shape index (κ3) is 4.70. The molecule has 1 aromatic carbocycles. The highest BCUT2D eigenvalue weighted by molar-refractivity contribution is 7.89. The van der Waals surface area contributed by atoms with Gasteiger partial charge in [0, 0.05) is 12.6 Å². The molecule has 0 aromatic heterocycles. The number of aromatic hydroxyl groups is 1. The quantitative estimate of drug-likeness (QED) is 0.684. The van der Waals surface area contributed by atoms with Gasteiger partial charge in [0.25, 0.3) is 0 Å². The number of rotatable bonds is 7. The van der Waals surface area contributed by atoms with Gasteiger partial charge in [-0.2, -0.15) is 0 Å². The van der Waals surface area contributed by atoms with Crippen LogP contribution in [0.15, 0.2) is 18.2 Å². The van der Waals surface area contributed by atoms with Gasteiger partial charge in [0.2, 0.25) is 10.0 Å². The molecule has 108 valence electrons. The second-order valence-electron chi connectivity index (χ2n) is 4.13. The Morgan fingerprint density at radius 3 is 2.68 bits per heavy atom. The molecule has 1 atom stereocenters. The Bertz CT molecular complexity index is 516. The van der Waals surface area contributed by atoms with E-state index in [2.05, 4.69) is 10.0 Å². The van der Waals surface area contributed by atoms with E-state index in [9.17, 15) is 13.5 Å². The molecule has 0 spiro atoms. The van der Waals surface area contributed by atoms with Crippen LogP contribution in [-0.4, -0.2) is 40.0 Å². The average molecular weight is 288 g/mol. The molecule has 0 saturated heterocycles. The summed E-state index contributed by atoms with van der Waals surface area (Å²) in [6.07, 6.45) is 0. The highest BCUT2D eigenvalue weighted by atomic mass is 32.2. The minimum atomic E-state index is -3.19. The summed E-state index contributed by atoms with van der Waals surface area (Å²) in [5.41, 5.74) is 0.913. The Hall–Kier alpha value is -1.31. The number of nitrogens with one attached hydrogen (secondary N) is 2. The Balaban J connectivity index is 2.61. The van der Waals surface area contributed by atoms with Crippen molar-refractivity contribution < 1.29 is 18.3 Å². The molecule has 1 rings (SSSR count). The van der Waals surface area contributed by atoms with Crippen molar-refractivity contribution in [2.45, 2.75) is 13.0 Å². The molecule has 0 aliphatic carbocycles. The molecule has 0 heterocycles. The van der Waals surface area contributed by atoms with Crippen molar-refractivity contribution >= 4 is 10.0 Å². The summed E-state index contributed by atoms with van der Waals surface area (Å²) < 4.78 is 29.8. The van der Waals surface area contributed by atoms with Crippen LogP contribution in [0.1, 0.15) is 18.5 Å². The summed E-state index contributed by atoms with van der Waals surface area (Å²) in [7, 11) is -0.319. The molecule has 0 saturated carbocycles. The number of phenolic OH excluding ortho intramolecular Hbond substituents is 1. The summed E-state index contributed by atoms with van der Waals surface area (Å²) in [5.74, 6) is 0.494. The molecule has 7 heteroatoms. The van der Waals surface area contributed by atoms with Gasteiger partial charge in [0.05, 0.1) is 12.9 Å². The number of phenols is 1. The first-order chi connectivity index (χ1) is 8.89. The Labute approximate surface area is 113 Å². The fourth-order valence-corrected chi connectivity index (χ4v) is 2.18. The lowest BCUT2D eigenvalue weighted by molar-refractivity contribution is 0.372. The van der Waals surface area contributed by atoms with E-state index in [4.69, 9.17) is 4.74 Å². The Morgan fingerprint density at radius 2 is 2.11 bits per heavy atom. The second kappa shape index (κ2) is 6.74. The van der Waals surface area contributed by atoms with Crippen molar-refractivity contribution in [2.24, 2.45) is 0 Å². The molecule has 0 amide bonds. The lowest BCUT2D eigenvalue weighted by Gasteiger charge is -2.15. The van der Waals surface area contributed by atoms with Gasteiger partial charge in [0.15, 0.2) is 11.5 Å². The van der Waals surface area contributed by atoms with Crippen LogP contribution in [0.2, 0.25) is 0 Å². The molecule has 1 aromatic rings. The van der Waals surface area contributed by atoms with E-state index in [1.54, 1.807) is 18.2 Å². The predicted molar refractivity (Wildman–Crippen MR) is 73.9 cm³/mol. The van der Waals surface area contributed by atoms with Gasteiger partial charge in [-0.05, 0) is 31.7 Å². The van der Waals surface area contributed by atoms with E-state index in [0.29, 0.717) is 12.3 Å². The Morgan fingerprint density at radius 1 is 1.42 bits per heavy atom. The van der Waals surface area contributed by atoms with Crippen molar-refractivity contribution in [3.8, 4) is 11.5 Å². The van der Waals surface area contributed by atoms with E-state index < -0.39 is 10.0 Å². The fourth-order valence-electron chi connectivity index (χ4n) is 1.59. The minimum absolute atomic E-state index is 0.0169. The van der Waals surface area contributed by atoms with Crippen molar-refractivity contribution in [1.29, 1.82) is 0 Å². The van der Waals surface area contributed by atoms with Crippen LogP contribution >= 0.6 is 0 Å². The zero-order valence-electron chi connectivity index (χ0n) is 11.3. The topological polar surface area (TPSA) is 87.7 Å². The molecule has 0 aliphatic rings. The molecule has 3 N–H and O–H groups in total.